The normalized spacial score (nSPS) is 27.6. The summed E-state index contributed by atoms with van der Waals surface area (Å²) in [5, 5.41) is 6.97. The van der Waals surface area contributed by atoms with Gasteiger partial charge in [-0.2, -0.15) is 0 Å². The molecule has 3 atom stereocenters. The zero-order chi connectivity index (χ0) is 28.1. The number of nitrogens with two attached hydrogens (primary N) is 1. The molecule has 214 valence electrons. The van der Waals surface area contributed by atoms with Crippen molar-refractivity contribution < 1.29 is 18.4 Å². The second-order valence-electron chi connectivity index (χ2n) is 11.9. The predicted molar refractivity (Wildman–Crippen MR) is 142 cm³/mol. The molecule has 3 unspecified atom stereocenters. The standard InChI is InChI=1S/C26H39F2N9O2/c1-26(2)15-36(10-9-34(26)4)25(39)16-5-7-35(8-6-16)21-18(28)13-33(3)14-19(21)31-24(38)20-22(29)32-37-12-17(27)11-30-23(20)37/h11-12,16,18-19,21H,5-10,13-15H2,1-4H3,(H2,29,32)(H,31,38). The summed E-state index contributed by atoms with van der Waals surface area (Å²) in [5.74, 6) is -1.10. The van der Waals surface area contributed by atoms with E-state index in [4.69, 9.17) is 5.73 Å². The summed E-state index contributed by atoms with van der Waals surface area (Å²) in [4.78, 5) is 38.9. The monoisotopic (exact) mass is 547 g/mol. The van der Waals surface area contributed by atoms with Gasteiger partial charge in [0.05, 0.1) is 24.5 Å². The van der Waals surface area contributed by atoms with E-state index in [-0.39, 0.29) is 40.9 Å². The number of nitrogens with one attached hydrogen (secondary N) is 1. The largest absolute Gasteiger partial charge is 0.381 e. The number of anilines is 1. The van der Waals surface area contributed by atoms with Gasteiger partial charge in [0.15, 0.2) is 17.3 Å². The van der Waals surface area contributed by atoms with Gasteiger partial charge in [-0.15, -0.1) is 5.10 Å². The molecule has 39 heavy (non-hydrogen) atoms. The third kappa shape index (κ3) is 5.44. The number of carbonyl (C=O) groups excluding carboxylic acids is 2. The number of hydrogen-bond donors (Lipinski definition) is 2. The first-order valence-corrected chi connectivity index (χ1v) is 13.6. The summed E-state index contributed by atoms with van der Waals surface area (Å²) in [6.45, 7) is 8.44. The van der Waals surface area contributed by atoms with Crippen LogP contribution in [-0.2, 0) is 4.79 Å². The predicted octanol–water partition coefficient (Wildman–Crippen LogP) is 0.466. The number of nitrogen functional groups attached to an aromatic ring is 1. The lowest BCUT2D eigenvalue weighted by molar-refractivity contribution is -0.142. The number of rotatable bonds is 4. The van der Waals surface area contributed by atoms with Crippen LogP contribution < -0.4 is 11.1 Å². The van der Waals surface area contributed by atoms with Crippen molar-refractivity contribution in [1.29, 1.82) is 0 Å². The van der Waals surface area contributed by atoms with Crippen molar-refractivity contribution in [2.75, 3.05) is 65.6 Å². The Bertz CT molecular complexity index is 1230. The number of likely N-dealkylation sites (N-methyl/N-ethyl adjacent to an activating group) is 2. The van der Waals surface area contributed by atoms with E-state index >= 15 is 4.39 Å². The molecule has 0 aromatic carbocycles. The van der Waals surface area contributed by atoms with Crippen LogP contribution >= 0.6 is 0 Å². The lowest BCUT2D eigenvalue weighted by Crippen LogP contribution is -2.66. The van der Waals surface area contributed by atoms with Crippen molar-refractivity contribution in [3.8, 4) is 0 Å². The van der Waals surface area contributed by atoms with E-state index in [2.05, 4.69) is 46.1 Å². The molecule has 3 saturated heterocycles. The Morgan fingerprint density at radius 3 is 2.54 bits per heavy atom. The molecule has 0 bridgehead atoms. The smallest absolute Gasteiger partial charge is 0.259 e. The van der Waals surface area contributed by atoms with Crippen molar-refractivity contribution in [1.82, 2.24) is 39.5 Å². The first-order valence-electron chi connectivity index (χ1n) is 13.6. The lowest BCUT2D eigenvalue weighted by Gasteiger charge is -2.48. The minimum Gasteiger partial charge on any atom is -0.381 e. The molecule has 3 fully saturated rings. The van der Waals surface area contributed by atoms with Crippen LogP contribution in [0.3, 0.4) is 0 Å². The first kappa shape index (κ1) is 27.7. The molecule has 3 aliphatic rings. The molecule has 2 aromatic rings. The number of nitrogens with zero attached hydrogens (tertiary/aromatic N) is 7. The van der Waals surface area contributed by atoms with E-state index in [0.29, 0.717) is 39.0 Å². The highest BCUT2D eigenvalue weighted by molar-refractivity contribution is 6.04. The molecule has 13 heteroatoms. The van der Waals surface area contributed by atoms with Crippen LogP contribution in [0.1, 0.15) is 37.0 Å². The molecular weight excluding hydrogens is 508 g/mol. The summed E-state index contributed by atoms with van der Waals surface area (Å²) < 4.78 is 30.3. The van der Waals surface area contributed by atoms with Crippen molar-refractivity contribution in [3.05, 3.63) is 23.8 Å². The van der Waals surface area contributed by atoms with Crippen molar-refractivity contribution in [3.63, 3.8) is 0 Å². The Morgan fingerprint density at radius 2 is 1.85 bits per heavy atom. The molecule has 3 N–H and O–H groups in total. The van der Waals surface area contributed by atoms with Crippen LogP contribution in [0.2, 0.25) is 0 Å². The summed E-state index contributed by atoms with van der Waals surface area (Å²) in [6, 6.07) is -1.07. The van der Waals surface area contributed by atoms with Gasteiger partial charge in [0.2, 0.25) is 5.91 Å². The molecule has 2 amide bonds. The van der Waals surface area contributed by atoms with E-state index in [1.807, 2.05) is 16.8 Å². The topological polar surface area (TPSA) is 115 Å². The minimum atomic E-state index is -1.19. The number of fused-ring (bicyclic) bond motifs is 1. The van der Waals surface area contributed by atoms with E-state index in [9.17, 15) is 14.0 Å². The van der Waals surface area contributed by atoms with E-state index in [1.165, 1.54) is 0 Å². The Hall–Kier alpha value is -2.90. The second kappa shape index (κ2) is 10.6. The quantitative estimate of drug-likeness (QED) is 0.568. The van der Waals surface area contributed by atoms with Crippen LogP contribution in [-0.4, -0.2) is 130 Å². The number of alkyl halides is 1. The highest BCUT2D eigenvalue weighted by Crippen LogP contribution is 2.29. The highest BCUT2D eigenvalue weighted by atomic mass is 19.1. The fraction of sp³-hybridized carbons (Fsp3) is 0.692. The first-order chi connectivity index (χ1) is 18.4. The number of hydrogen-bond acceptors (Lipinski definition) is 8. The van der Waals surface area contributed by atoms with Crippen LogP contribution in [0, 0.1) is 11.7 Å². The average Bonchev–Trinajstić information content (AvgIpc) is 3.20. The molecule has 0 saturated carbocycles. The van der Waals surface area contributed by atoms with Gasteiger partial charge in [-0.1, -0.05) is 0 Å². The zero-order valence-corrected chi connectivity index (χ0v) is 23.1. The van der Waals surface area contributed by atoms with E-state index < -0.39 is 30.0 Å². The van der Waals surface area contributed by atoms with Gasteiger partial charge in [0, 0.05) is 44.2 Å². The average molecular weight is 548 g/mol. The van der Waals surface area contributed by atoms with Gasteiger partial charge < -0.3 is 20.9 Å². The van der Waals surface area contributed by atoms with Crippen LogP contribution in [0.25, 0.3) is 5.65 Å². The maximum atomic E-state index is 15.6. The van der Waals surface area contributed by atoms with Gasteiger partial charge in [-0.05, 0) is 53.9 Å². The third-order valence-corrected chi connectivity index (χ3v) is 8.72. The van der Waals surface area contributed by atoms with Gasteiger partial charge in [0.25, 0.3) is 5.91 Å². The van der Waals surface area contributed by atoms with Gasteiger partial charge in [0.1, 0.15) is 11.7 Å². The van der Waals surface area contributed by atoms with Crippen LogP contribution in [0.4, 0.5) is 14.6 Å². The molecule has 0 aliphatic carbocycles. The van der Waals surface area contributed by atoms with Crippen LogP contribution in [0.15, 0.2) is 12.4 Å². The Morgan fingerprint density at radius 1 is 1.13 bits per heavy atom. The number of amides is 2. The Kier molecular flexibility index (Phi) is 7.51. The minimum absolute atomic E-state index is 0.0387. The molecule has 2 aromatic heterocycles. The molecule has 0 spiro atoms. The summed E-state index contributed by atoms with van der Waals surface area (Å²) in [5.41, 5.74) is 6.09. The second-order valence-corrected chi connectivity index (χ2v) is 11.9. The molecule has 11 nitrogen and oxygen atoms in total. The van der Waals surface area contributed by atoms with Gasteiger partial charge in [-0.3, -0.25) is 19.4 Å². The molecular formula is C26H39F2N9O2. The van der Waals surface area contributed by atoms with E-state index in [0.717, 1.165) is 30.0 Å². The summed E-state index contributed by atoms with van der Waals surface area (Å²) in [6.07, 6.45) is 2.21. The summed E-state index contributed by atoms with van der Waals surface area (Å²) >= 11 is 0. The molecule has 0 radical (unpaired) electrons. The fourth-order valence-corrected chi connectivity index (χ4v) is 6.31. The number of piperidine rings is 2. The number of carbonyl (C=O) groups is 2. The maximum Gasteiger partial charge on any atom is 0.259 e. The molecule has 3 aliphatic heterocycles. The van der Waals surface area contributed by atoms with Gasteiger partial charge in [-0.25, -0.2) is 18.3 Å². The summed E-state index contributed by atoms with van der Waals surface area (Å²) in [7, 11) is 3.91. The number of likely N-dealkylation sites (tertiary alicyclic amines) is 2. The number of aromatic nitrogens is 3. The van der Waals surface area contributed by atoms with E-state index in [1.54, 1.807) is 0 Å². The maximum absolute atomic E-state index is 15.6. The SMILES string of the molecule is CN1CC(F)C(N2CCC(C(=O)N3CCN(C)C(C)(C)C3)CC2)C(NC(=O)c2c(N)nn3cc(F)cnc23)C1. The van der Waals surface area contributed by atoms with Crippen LogP contribution in [0.5, 0.6) is 0 Å². The Labute approximate surface area is 227 Å². The lowest BCUT2D eigenvalue weighted by atomic mass is 9.89. The number of piperazine rings is 1. The zero-order valence-electron chi connectivity index (χ0n) is 23.1. The Balaban J connectivity index is 1.27. The third-order valence-electron chi connectivity index (χ3n) is 8.72. The van der Waals surface area contributed by atoms with Gasteiger partial charge >= 0.3 is 0 Å². The van der Waals surface area contributed by atoms with Crippen molar-refractivity contribution in [2.24, 2.45) is 5.92 Å². The van der Waals surface area contributed by atoms with Crippen molar-refractivity contribution >= 4 is 23.3 Å². The van der Waals surface area contributed by atoms with Crippen molar-refractivity contribution in [2.45, 2.75) is 50.5 Å². The fourth-order valence-electron chi connectivity index (χ4n) is 6.31. The molecule has 5 rings (SSSR count). The highest BCUT2D eigenvalue weighted by Gasteiger charge is 2.43. The molecule has 5 heterocycles. The number of halogens is 2.